The third-order valence-electron chi connectivity index (χ3n) is 1.46. The van der Waals surface area contributed by atoms with Gasteiger partial charge in [-0.1, -0.05) is 19.1 Å². The van der Waals surface area contributed by atoms with Gasteiger partial charge in [-0.3, -0.25) is 0 Å². The molecule has 0 amide bonds. The minimum absolute atomic E-state index is 0.132. The fraction of sp³-hybridized carbons (Fsp3) is 0.857. The molecule has 5 nitrogen and oxygen atoms in total. The first-order chi connectivity index (χ1) is 6.24. The first kappa shape index (κ1) is 13.8. The number of nitrogens with two attached hydrogens (primary N) is 1. The predicted molar refractivity (Wildman–Crippen MR) is 61.1 cm³/mol. The quantitative estimate of drug-likeness (QED) is 0.558. The molecule has 0 saturated heterocycles. The van der Waals surface area contributed by atoms with Crippen LogP contribution in [-0.2, 0) is 10.2 Å². The highest BCUT2D eigenvalue weighted by atomic mass is 32.2. The maximum atomic E-state index is 11.3. The van der Waals surface area contributed by atoms with Gasteiger partial charge in [0.1, 0.15) is 0 Å². The Bertz CT molecular complexity index is 287. The van der Waals surface area contributed by atoms with Crippen LogP contribution in [0.15, 0.2) is 0 Å². The largest absolute Gasteiger partial charge is 0.393 e. The van der Waals surface area contributed by atoms with Gasteiger partial charge in [0.15, 0.2) is 0 Å². The van der Waals surface area contributed by atoms with E-state index in [9.17, 15) is 8.42 Å². The molecular formula is C7H17N3O2S2. The maximum absolute atomic E-state index is 11.3. The van der Waals surface area contributed by atoms with E-state index in [1.807, 2.05) is 0 Å². The predicted octanol–water partition coefficient (Wildman–Crippen LogP) is -0.259. The molecule has 0 aromatic rings. The van der Waals surface area contributed by atoms with Crippen LogP contribution in [0.4, 0.5) is 0 Å². The molecule has 4 N–H and O–H groups in total. The lowest BCUT2D eigenvalue weighted by Gasteiger charge is -2.13. The van der Waals surface area contributed by atoms with Gasteiger partial charge in [0.05, 0.1) is 4.99 Å². The molecule has 1 atom stereocenters. The summed E-state index contributed by atoms with van der Waals surface area (Å²) in [6.45, 7) is 5.48. The van der Waals surface area contributed by atoms with Crippen molar-refractivity contribution in [1.29, 1.82) is 0 Å². The molecule has 0 aliphatic heterocycles. The van der Waals surface area contributed by atoms with E-state index in [-0.39, 0.29) is 18.5 Å². The van der Waals surface area contributed by atoms with E-state index < -0.39 is 10.2 Å². The van der Waals surface area contributed by atoms with Crippen LogP contribution in [-0.4, -0.2) is 26.0 Å². The van der Waals surface area contributed by atoms with Crippen LogP contribution in [0, 0.1) is 5.92 Å². The summed E-state index contributed by atoms with van der Waals surface area (Å²) in [5.74, 6) is -0.145. The molecule has 0 bridgehead atoms. The summed E-state index contributed by atoms with van der Waals surface area (Å²) in [6.07, 6.45) is 0. The number of nitrogens with one attached hydrogen (secondary N) is 2. The van der Waals surface area contributed by atoms with Crippen molar-refractivity contribution in [2.45, 2.75) is 26.8 Å². The second-order valence-electron chi connectivity index (χ2n) is 3.43. The second-order valence-corrected chi connectivity index (χ2v) is 5.43. The third kappa shape index (κ3) is 6.25. The third-order valence-corrected chi connectivity index (χ3v) is 3.19. The summed E-state index contributed by atoms with van der Waals surface area (Å²) < 4.78 is 27.3. The molecule has 84 valence electrons. The first-order valence-corrected chi connectivity index (χ1v) is 6.20. The van der Waals surface area contributed by atoms with E-state index in [0.717, 1.165) is 0 Å². The van der Waals surface area contributed by atoms with E-state index in [1.54, 1.807) is 20.8 Å². The average Bonchev–Trinajstić information content (AvgIpc) is 1.97. The molecule has 0 aliphatic carbocycles. The lowest BCUT2D eigenvalue weighted by atomic mass is 10.2. The average molecular weight is 239 g/mol. The van der Waals surface area contributed by atoms with E-state index >= 15 is 0 Å². The van der Waals surface area contributed by atoms with Gasteiger partial charge in [0.2, 0.25) is 0 Å². The zero-order valence-corrected chi connectivity index (χ0v) is 10.2. The molecule has 0 fully saturated rings. The summed E-state index contributed by atoms with van der Waals surface area (Å²) in [7, 11) is -3.42. The fourth-order valence-electron chi connectivity index (χ4n) is 0.687. The van der Waals surface area contributed by atoms with Gasteiger partial charge in [-0.2, -0.15) is 13.1 Å². The minimum atomic E-state index is -3.42. The molecule has 0 aromatic carbocycles. The van der Waals surface area contributed by atoms with Crippen LogP contribution in [0.3, 0.4) is 0 Å². The number of thiocarbonyl (C=S) groups is 1. The van der Waals surface area contributed by atoms with Gasteiger partial charge in [-0.15, -0.1) is 0 Å². The summed E-state index contributed by atoms with van der Waals surface area (Å²) in [5, 5.41) is 0. The monoisotopic (exact) mass is 239 g/mol. The molecule has 0 saturated carbocycles. The maximum Gasteiger partial charge on any atom is 0.277 e. The highest BCUT2D eigenvalue weighted by molar-refractivity contribution is 7.87. The SMILES string of the molecule is CC(C)NS(=O)(=O)NCC(C)C(N)=S. The fourth-order valence-corrected chi connectivity index (χ4v) is 1.94. The normalized spacial score (nSPS) is 14.3. The number of rotatable bonds is 6. The summed E-state index contributed by atoms with van der Waals surface area (Å²) >= 11 is 4.72. The van der Waals surface area contributed by atoms with E-state index in [1.165, 1.54) is 0 Å². The van der Waals surface area contributed by atoms with Crippen molar-refractivity contribution in [3.8, 4) is 0 Å². The zero-order chi connectivity index (χ0) is 11.4. The summed E-state index contributed by atoms with van der Waals surface area (Å²) in [4.78, 5) is 0.303. The molecule has 0 rings (SSSR count). The molecule has 7 heteroatoms. The Hall–Kier alpha value is -0.240. The van der Waals surface area contributed by atoms with Crippen LogP contribution < -0.4 is 15.2 Å². The lowest BCUT2D eigenvalue weighted by molar-refractivity contribution is 0.549. The Morgan fingerprint density at radius 2 is 1.93 bits per heavy atom. The highest BCUT2D eigenvalue weighted by Crippen LogP contribution is 1.93. The molecule has 0 heterocycles. The van der Waals surface area contributed by atoms with Crippen LogP contribution >= 0.6 is 12.2 Å². The molecule has 0 aliphatic rings. The van der Waals surface area contributed by atoms with Crippen LogP contribution in [0.1, 0.15) is 20.8 Å². The number of hydrogen-bond acceptors (Lipinski definition) is 3. The Balaban J connectivity index is 4.06. The topological polar surface area (TPSA) is 84.2 Å². The van der Waals surface area contributed by atoms with Crippen molar-refractivity contribution in [3.05, 3.63) is 0 Å². The van der Waals surface area contributed by atoms with Crippen molar-refractivity contribution in [2.75, 3.05) is 6.54 Å². The van der Waals surface area contributed by atoms with Gasteiger partial charge in [-0.25, -0.2) is 4.72 Å². The van der Waals surface area contributed by atoms with Gasteiger partial charge in [0.25, 0.3) is 10.2 Å². The van der Waals surface area contributed by atoms with Gasteiger partial charge >= 0.3 is 0 Å². The lowest BCUT2D eigenvalue weighted by Crippen LogP contribution is -2.43. The minimum Gasteiger partial charge on any atom is -0.393 e. The van der Waals surface area contributed by atoms with Crippen molar-refractivity contribution < 1.29 is 8.42 Å². The van der Waals surface area contributed by atoms with Gasteiger partial charge in [-0.05, 0) is 13.8 Å². The van der Waals surface area contributed by atoms with Crippen LogP contribution in [0.2, 0.25) is 0 Å². The highest BCUT2D eigenvalue weighted by Gasteiger charge is 2.13. The Morgan fingerprint density at radius 3 is 2.29 bits per heavy atom. The van der Waals surface area contributed by atoms with Crippen molar-refractivity contribution in [2.24, 2.45) is 11.7 Å². The zero-order valence-electron chi connectivity index (χ0n) is 8.57. The van der Waals surface area contributed by atoms with Crippen molar-refractivity contribution >= 4 is 27.4 Å². The van der Waals surface area contributed by atoms with E-state index in [2.05, 4.69) is 9.44 Å². The van der Waals surface area contributed by atoms with Crippen LogP contribution in [0.25, 0.3) is 0 Å². The van der Waals surface area contributed by atoms with E-state index in [4.69, 9.17) is 18.0 Å². The molecule has 1 unspecified atom stereocenters. The Kier molecular flexibility index (Phi) is 5.50. The molecule has 0 radical (unpaired) electrons. The Morgan fingerprint density at radius 1 is 1.43 bits per heavy atom. The number of hydrogen-bond donors (Lipinski definition) is 3. The summed E-state index contributed by atoms with van der Waals surface area (Å²) in [5.41, 5.74) is 5.34. The second kappa shape index (κ2) is 5.59. The van der Waals surface area contributed by atoms with Crippen molar-refractivity contribution in [1.82, 2.24) is 9.44 Å². The van der Waals surface area contributed by atoms with Gasteiger partial charge < -0.3 is 5.73 Å². The molecular weight excluding hydrogens is 222 g/mol. The van der Waals surface area contributed by atoms with E-state index in [0.29, 0.717) is 4.99 Å². The Labute approximate surface area is 90.6 Å². The molecule has 0 spiro atoms. The van der Waals surface area contributed by atoms with Crippen molar-refractivity contribution in [3.63, 3.8) is 0 Å². The molecule has 0 aromatic heterocycles. The van der Waals surface area contributed by atoms with Gasteiger partial charge in [0, 0.05) is 18.5 Å². The smallest absolute Gasteiger partial charge is 0.277 e. The standard InChI is InChI=1S/C7H17N3O2S2/c1-5(2)10-14(11,12)9-4-6(3)7(8)13/h5-6,9-10H,4H2,1-3H3,(H2,8,13). The van der Waals surface area contributed by atoms with Crippen LogP contribution in [0.5, 0.6) is 0 Å². The molecule has 14 heavy (non-hydrogen) atoms. The summed E-state index contributed by atoms with van der Waals surface area (Å²) in [6, 6.07) is -0.132. The first-order valence-electron chi connectivity index (χ1n) is 4.31.